The normalized spacial score (nSPS) is 11.7. The molecule has 0 aliphatic heterocycles. The Balaban J connectivity index is 1.70. The lowest BCUT2D eigenvalue weighted by atomic mass is 10.1. The summed E-state index contributed by atoms with van der Waals surface area (Å²) < 4.78 is 50.7. The highest BCUT2D eigenvalue weighted by Crippen LogP contribution is 2.31. The predicted octanol–water partition coefficient (Wildman–Crippen LogP) is 3.34. The highest BCUT2D eigenvalue weighted by Gasteiger charge is 2.16. The monoisotopic (exact) mass is 430 g/mol. The summed E-state index contributed by atoms with van der Waals surface area (Å²) in [6.45, 7) is 1.77. The molecule has 0 atom stereocenters. The third kappa shape index (κ3) is 3.66. The molecule has 0 bridgehead atoms. The Bertz CT molecular complexity index is 1400. The fraction of sp³-hybridized carbons (Fsp3) is 0.105. The number of benzene rings is 2. The zero-order chi connectivity index (χ0) is 21.6. The van der Waals surface area contributed by atoms with Gasteiger partial charge in [0.25, 0.3) is 0 Å². The Labute approximate surface area is 170 Å². The van der Waals surface area contributed by atoms with Crippen LogP contribution in [0.5, 0.6) is 0 Å². The van der Waals surface area contributed by atoms with E-state index in [1.165, 1.54) is 12.3 Å². The van der Waals surface area contributed by atoms with E-state index in [4.69, 9.17) is 5.73 Å². The van der Waals surface area contributed by atoms with Crippen molar-refractivity contribution >= 4 is 38.2 Å². The van der Waals surface area contributed by atoms with Crippen LogP contribution >= 0.6 is 0 Å². The number of nitrogen functional groups attached to an aromatic ring is 1. The average Bonchev–Trinajstić information content (AvgIpc) is 3.03. The Morgan fingerprint density at radius 1 is 1.10 bits per heavy atom. The molecule has 8 nitrogen and oxygen atoms in total. The topological polar surface area (TPSA) is 127 Å². The first-order valence-electron chi connectivity index (χ1n) is 8.66. The van der Waals surface area contributed by atoms with E-state index in [0.29, 0.717) is 22.2 Å². The molecule has 2 aromatic carbocycles. The lowest BCUT2D eigenvalue weighted by molar-refractivity contribution is 0.511. The van der Waals surface area contributed by atoms with Gasteiger partial charge in [-0.2, -0.15) is 10.1 Å². The van der Waals surface area contributed by atoms with Gasteiger partial charge in [0.05, 0.1) is 16.0 Å². The molecule has 4 N–H and O–H groups in total. The number of sulfone groups is 1. The second-order valence-corrected chi connectivity index (χ2v) is 8.82. The number of H-pyrrole nitrogens is 1. The number of anilines is 3. The van der Waals surface area contributed by atoms with Crippen LogP contribution < -0.4 is 11.1 Å². The average molecular weight is 430 g/mol. The van der Waals surface area contributed by atoms with Crippen molar-refractivity contribution in [1.82, 2.24) is 20.2 Å². The molecular formula is C19H16F2N6O2S. The van der Waals surface area contributed by atoms with Gasteiger partial charge < -0.3 is 11.1 Å². The highest BCUT2D eigenvalue weighted by molar-refractivity contribution is 7.90. The van der Waals surface area contributed by atoms with Crippen molar-refractivity contribution in [2.24, 2.45) is 0 Å². The molecule has 0 saturated carbocycles. The third-order valence-electron chi connectivity index (χ3n) is 4.41. The number of nitrogens with zero attached hydrogens (tertiary/aromatic N) is 3. The smallest absolute Gasteiger partial charge is 0.229 e. The molecule has 0 unspecified atom stereocenters. The van der Waals surface area contributed by atoms with Crippen molar-refractivity contribution in [3.8, 4) is 11.3 Å². The minimum Gasteiger partial charge on any atom is -0.383 e. The minimum atomic E-state index is -3.39. The number of nitrogens with one attached hydrogen (secondary N) is 2. The zero-order valence-corrected chi connectivity index (χ0v) is 16.7. The van der Waals surface area contributed by atoms with Gasteiger partial charge in [0.2, 0.25) is 5.95 Å². The van der Waals surface area contributed by atoms with Gasteiger partial charge in [-0.05, 0) is 36.8 Å². The van der Waals surface area contributed by atoms with E-state index in [2.05, 4.69) is 25.5 Å². The van der Waals surface area contributed by atoms with Gasteiger partial charge >= 0.3 is 0 Å². The van der Waals surface area contributed by atoms with E-state index >= 15 is 0 Å². The Morgan fingerprint density at radius 2 is 1.83 bits per heavy atom. The molecule has 2 aromatic heterocycles. The summed E-state index contributed by atoms with van der Waals surface area (Å²) in [4.78, 5) is 8.52. The van der Waals surface area contributed by atoms with Crippen LogP contribution in [0.3, 0.4) is 0 Å². The maximum absolute atomic E-state index is 13.6. The van der Waals surface area contributed by atoms with Crippen molar-refractivity contribution in [3.05, 3.63) is 53.7 Å². The van der Waals surface area contributed by atoms with Gasteiger partial charge in [-0.3, -0.25) is 5.10 Å². The van der Waals surface area contributed by atoms with Crippen LogP contribution in [0.4, 0.5) is 26.2 Å². The van der Waals surface area contributed by atoms with Crippen molar-refractivity contribution in [2.75, 3.05) is 17.3 Å². The number of aromatic nitrogens is 4. The summed E-state index contributed by atoms with van der Waals surface area (Å²) in [6, 6.07) is 6.79. The van der Waals surface area contributed by atoms with Crippen molar-refractivity contribution < 1.29 is 17.2 Å². The van der Waals surface area contributed by atoms with E-state index in [1.807, 2.05) is 0 Å². The largest absolute Gasteiger partial charge is 0.383 e. The van der Waals surface area contributed by atoms with Gasteiger partial charge in [0, 0.05) is 29.6 Å². The van der Waals surface area contributed by atoms with Crippen LogP contribution in [-0.4, -0.2) is 34.8 Å². The van der Waals surface area contributed by atoms with E-state index in [0.717, 1.165) is 24.0 Å². The lowest BCUT2D eigenvalue weighted by Gasteiger charge is -2.10. The standard InChI is InChI=1S/C19H16F2N6O2S/c1-9-3-10(5-11(4-9)30(2,28)29)24-19-23-8-13(18(22)25-19)17-12-6-14(20)15(21)7-16(12)26-27-17/h3-8H,1-2H3,(H,26,27)(H3,22,23,24,25). The van der Waals surface area contributed by atoms with E-state index < -0.39 is 21.5 Å². The number of rotatable bonds is 4. The Morgan fingerprint density at radius 3 is 2.53 bits per heavy atom. The van der Waals surface area contributed by atoms with Crippen molar-refractivity contribution in [2.45, 2.75) is 11.8 Å². The van der Waals surface area contributed by atoms with Crippen molar-refractivity contribution in [1.29, 1.82) is 0 Å². The molecular weight excluding hydrogens is 414 g/mol. The molecule has 0 aliphatic carbocycles. The second-order valence-electron chi connectivity index (χ2n) is 6.81. The fourth-order valence-corrected chi connectivity index (χ4v) is 3.76. The number of hydrogen-bond acceptors (Lipinski definition) is 7. The summed E-state index contributed by atoms with van der Waals surface area (Å²) in [5.74, 6) is -1.81. The summed E-state index contributed by atoms with van der Waals surface area (Å²) in [6.07, 6.45) is 2.52. The zero-order valence-electron chi connectivity index (χ0n) is 15.9. The number of hydrogen-bond donors (Lipinski definition) is 3. The quantitative estimate of drug-likeness (QED) is 0.453. The number of nitrogens with two attached hydrogens (primary N) is 1. The molecule has 11 heteroatoms. The maximum Gasteiger partial charge on any atom is 0.229 e. The number of aromatic amines is 1. The summed E-state index contributed by atoms with van der Waals surface area (Å²) in [5.41, 5.74) is 8.18. The van der Waals surface area contributed by atoms with Gasteiger partial charge in [-0.1, -0.05) is 0 Å². The number of fused-ring (bicyclic) bond motifs is 1. The van der Waals surface area contributed by atoms with Crippen LogP contribution in [0.1, 0.15) is 5.56 Å². The fourth-order valence-electron chi connectivity index (χ4n) is 3.02. The van der Waals surface area contributed by atoms with Gasteiger partial charge in [-0.25, -0.2) is 22.2 Å². The number of aryl methyl sites for hydroxylation is 1. The molecule has 4 aromatic rings. The Kier molecular flexibility index (Phi) is 4.61. The SMILES string of the molecule is Cc1cc(Nc2ncc(-c3n[nH]c4cc(F)c(F)cc34)c(N)n2)cc(S(C)(=O)=O)c1. The van der Waals surface area contributed by atoms with Crippen LogP contribution in [0.25, 0.3) is 22.2 Å². The Hall–Kier alpha value is -3.60. The molecule has 0 radical (unpaired) electrons. The highest BCUT2D eigenvalue weighted by atomic mass is 32.2. The minimum absolute atomic E-state index is 0.0571. The summed E-state index contributed by atoms with van der Waals surface area (Å²) in [7, 11) is -3.39. The van der Waals surface area contributed by atoms with Crippen LogP contribution in [0, 0.1) is 18.6 Å². The first-order valence-corrected chi connectivity index (χ1v) is 10.6. The van der Waals surface area contributed by atoms with Gasteiger partial charge in [0.1, 0.15) is 11.5 Å². The molecule has 154 valence electrons. The molecule has 0 spiro atoms. The summed E-state index contributed by atoms with van der Waals surface area (Å²) in [5, 5.41) is 9.94. The van der Waals surface area contributed by atoms with Gasteiger partial charge in [-0.15, -0.1) is 0 Å². The molecule has 30 heavy (non-hydrogen) atoms. The third-order valence-corrected chi connectivity index (χ3v) is 5.50. The number of halogens is 2. The maximum atomic E-state index is 13.6. The van der Waals surface area contributed by atoms with Crippen LogP contribution in [0.2, 0.25) is 0 Å². The van der Waals surface area contributed by atoms with Gasteiger partial charge in [0.15, 0.2) is 21.5 Å². The summed E-state index contributed by atoms with van der Waals surface area (Å²) >= 11 is 0. The van der Waals surface area contributed by atoms with E-state index in [1.54, 1.807) is 19.1 Å². The molecule has 0 fully saturated rings. The molecule has 0 saturated heterocycles. The van der Waals surface area contributed by atoms with Crippen LogP contribution in [-0.2, 0) is 9.84 Å². The van der Waals surface area contributed by atoms with E-state index in [-0.39, 0.29) is 22.4 Å². The van der Waals surface area contributed by atoms with Crippen LogP contribution in [0.15, 0.2) is 41.4 Å². The first-order chi connectivity index (χ1) is 14.1. The molecule has 0 amide bonds. The molecule has 0 aliphatic rings. The lowest BCUT2D eigenvalue weighted by Crippen LogP contribution is -2.04. The second kappa shape index (κ2) is 7.02. The van der Waals surface area contributed by atoms with E-state index in [9.17, 15) is 17.2 Å². The predicted molar refractivity (Wildman–Crippen MR) is 109 cm³/mol. The molecule has 4 rings (SSSR count). The first kappa shape index (κ1) is 19.7. The molecule has 2 heterocycles. The van der Waals surface area contributed by atoms with Crippen molar-refractivity contribution in [3.63, 3.8) is 0 Å².